The minimum atomic E-state index is 0.214. The summed E-state index contributed by atoms with van der Waals surface area (Å²) in [7, 11) is 3.84. The lowest BCUT2D eigenvalue weighted by Crippen LogP contribution is -2.34. The van der Waals surface area contributed by atoms with E-state index in [0.717, 1.165) is 17.3 Å². The Morgan fingerprint density at radius 1 is 1.42 bits per heavy atom. The van der Waals surface area contributed by atoms with E-state index in [4.69, 9.17) is 10.5 Å². The highest BCUT2D eigenvalue weighted by atomic mass is 79.9. The molecule has 1 aromatic rings. The Morgan fingerprint density at radius 3 is 2.68 bits per heavy atom. The molecule has 2 unspecified atom stereocenters. The number of anilines is 1. The molecular weight excluding hydrogens is 304 g/mol. The minimum Gasteiger partial charge on any atom is -0.383 e. The Bertz CT molecular complexity index is 398. The van der Waals surface area contributed by atoms with Gasteiger partial charge in [0, 0.05) is 36.4 Å². The normalized spacial score (nSPS) is 14.2. The van der Waals surface area contributed by atoms with Gasteiger partial charge in [-0.15, -0.1) is 0 Å². The van der Waals surface area contributed by atoms with Crippen LogP contribution in [0.5, 0.6) is 0 Å². The van der Waals surface area contributed by atoms with E-state index in [9.17, 15) is 0 Å². The fourth-order valence-corrected chi connectivity index (χ4v) is 2.40. The van der Waals surface area contributed by atoms with Crippen LogP contribution in [0, 0.1) is 0 Å². The average molecular weight is 329 g/mol. The number of halogens is 1. The van der Waals surface area contributed by atoms with Crippen LogP contribution >= 0.6 is 15.9 Å². The summed E-state index contributed by atoms with van der Waals surface area (Å²) in [5.74, 6) is 0. The van der Waals surface area contributed by atoms with Crippen LogP contribution in [-0.4, -0.2) is 32.8 Å². The SMILES string of the molecule is CCC(N)Cc1ccc(Br)cc1N(C)C(C)COC. The van der Waals surface area contributed by atoms with Gasteiger partial charge in [0.05, 0.1) is 6.61 Å². The lowest BCUT2D eigenvalue weighted by atomic mass is 10.0. The molecule has 4 heteroatoms. The topological polar surface area (TPSA) is 38.5 Å². The summed E-state index contributed by atoms with van der Waals surface area (Å²) in [6.07, 6.45) is 1.90. The Balaban J connectivity index is 2.99. The second kappa shape index (κ2) is 7.88. The highest BCUT2D eigenvalue weighted by Crippen LogP contribution is 2.27. The van der Waals surface area contributed by atoms with E-state index in [1.54, 1.807) is 7.11 Å². The number of benzene rings is 1. The van der Waals surface area contributed by atoms with Crippen LogP contribution in [0.3, 0.4) is 0 Å². The number of methoxy groups -OCH3 is 1. The molecular formula is C15H25BrN2O. The van der Waals surface area contributed by atoms with Gasteiger partial charge < -0.3 is 15.4 Å². The third-order valence-corrected chi connectivity index (χ3v) is 4.00. The van der Waals surface area contributed by atoms with Gasteiger partial charge >= 0.3 is 0 Å². The predicted octanol–water partition coefficient (Wildman–Crippen LogP) is 3.20. The molecule has 19 heavy (non-hydrogen) atoms. The van der Waals surface area contributed by atoms with Crippen LogP contribution < -0.4 is 10.6 Å². The first kappa shape index (κ1) is 16.5. The summed E-state index contributed by atoms with van der Waals surface area (Å²) < 4.78 is 6.33. The molecule has 0 amide bonds. The smallest absolute Gasteiger partial charge is 0.0663 e. The average Bonchev–Trinajstić information content (AvgIpc) is 2.40. The van der Waals surface area contributed by atoms with Gasteiger partial charge in [-0.25, -0.2) is 0 Å². The van der Waals surface area contributed by atoms with E-state index in [-0.39, 0.29) is 6.04 Å². The first-order valence-corrected chi connectivity index (χ1v) is 7.54. The van der Waals surface area contributed by atoms with E-state index in [0.29, 0.717) is 12.6 Å². The molecule has 0 aliphatic rings. The van der Waals surface area contributed by atoms with Gasteiger partial charge in [0.15, 0.2) is 0 Å². The molecule has 0 saturated carbocycles. The highest BCUT2D eigenvalue weighted by molar-refractivity contribution is 9.10. The van der Waals surface area contributed by atoms with E-state index in [1.165, 1.54) is 11.3 Å². The molecule has 2 atom stereocenters. The quantitative estimate of drug-likeness (QED) is 0.835. The van der Waals surface area contributed by atoms with Gasteiger partial charge in [-0.1, -0.05) is 28.9 Å². The molecule has 0 radical (unpaired) electrons. The molecule has 0 fully saturated rings. The molecule has 0 saturated heterocycles. The number of hydrogen-bond donors (Lipinski definition) is 1. The van der Waals surface area contributed by atoms with Crippen molar-refractivity contribution in [1.29, 1.82) is 0 Å². The monoisotopic (exact) mass is 328 g/mol. The van der Waals surface area contributed by atoms with Gasteiger partial charge in [-0.2, -0.15) is 0 Å². The van der Waals surface area contributed by atoms with E-state index in [2.05, 4.69) is 59.9 Å². The first-order chi connectivity index (χ1) is 8.99. The Morgan fingerprint density at radius 2 is 2.11 bits per heavy atom. The predicted molar refractivity (Wildman–Crippen MR) is 85.9 cm³/mol. The van der Waals surface area contributed by atoms with E-state index < -0.39 is 0 Å². The van der Waals surface area contributed by atoms with Crippen molar-refractivity contribution >= 4 is 21.6 Å². The highest BCUT2D eigenvalue weighted by Gasteiger charge is 2.15. The van der Waals surface area contributed by atoms with Crippen molar-refractivity contribution in [3.8, 4) is 0 Å². The summed E-state index contributed by atoms with van der Waals surface area (Å²) in [4.78, 5) is 2.26. The third-order valence-electron chi connectivity index (χ3n) is 3.50. The molecule has 0 aliphatic carbocycles. The number of likely N-dealkylation sites (N-methyl/N-ethyl adjacent to an activating group) is 1. The molecule has 1 rings (SSSR count). The second-order valence-electron chi connectivity index (χ2n) is 5.06. The molecule has 0 spiro atoms. The number of rotatable bonds is 7. The van der Waals surface area contributed by atoms with Crippen LogP contribution in [0.15, 0.2) is 22.7 Å². The Kier molecular flexibility index (Phi) is 6.83. The Hall–Kier alpha value is -0.580. The van der Waals surface area contributed by atoms with Crippen molar-refractivity contribution in [2.24, 2.45) is 5.73 Å². The van der Waals surface area contributed by atoms with Crippen molar-refractivity contribution in [1.82, 2.24) is 0 Å². The molecule has 3 nitrogen and oxygen atoms in total. The molecule has 108 valence electrons. The summed E-state index contributed by atoms with van der Waals surface area (Å²) in [5.41, 5.74) is 8.61. The molecule has 0 bridgehead atoms. The zero-order valence-electron chi connectivity index (χ0n) is 12.3. The lowest BCUT2D eigenvalue weighted by molar-refractivity contribution is 0.183. The van der Waals surface area contributed by atoms with Crippen molar-refractivity contribution < 1.29 is 4.74 Å². The second-order valence-corrected chi connectivity index (χ2v) is 5.98. The van der Waals surface area contributed by atoms with E-state index >= 15 is 0 Å². The van der Waals surface area contributed by atoms with Crippen LogP contribution in [-0.2, 0) is 11.2 Å². The maximum atomic E-state index is 6.09. The zero-order chi connectivity index (χ0) is 14.4. The molecule has 0 aromatic heterocycles. The Labute approximate surface area is 125 Å². The van der Waals surface area contributed by atoms with Gasteiger partial charge in [-0.05, 0) is 37.5 Å². The van der Waals surface area contributed by atoms with Crippen LogP contribution in [0.1, 0.15) is 25.8 Å². The summed E-state index contributed by atoms with van der Waals surface area (Å²) >= 11 is 3.55. The zero-order valence-corrected chi connectivity index (χ0v) is 13.9. The third kappa shape index (κ3) is 4.79. The van der Waals surface area contributed by atoms with Crippen molar-refractivity contribution in [3.63, 3.8) is 0 Å². The van der Waals surface area contributed by atoms with Crippen molar-refractivity contribution in [2.75, 3.05) is 25.7 Å². The van der Waals surface area contributed by atoms with Gasteiger partial charge in [0.2, 0.25) is 0 Å². The maximum absolute atomic E-state index is 6.09. The van der Waals surface area contributed by atoms with Crippen LogP contribution in [0.4, 0.5) is 5.69 Å². The molecule has 0 aliphatic heterocycles. The lowest BCUT2D eigenvalue weighted by Gasteiger charge is -2.29. The number of hydrogen-bond acceptors (Lipinski definition) is 3. The number of nitrogens with two attached hydrogens (primary N) is 1. The molecule has 2 N–H and O–H groups in total. The first-order valence-electron chi connectivity index (χ1n) is 6.75. The van der Waals surface area contributed by atoms with Gasteiger partial charge in [-0.3, -0.25) is 0 Å². The minimum absolute atomic E-state index is 0.214. The van der Waals surface area contributed by atoms with Crippen molar-refractivity contribution in [2.45, 2.75) is 38.8 Å². The fraction of sp³-hybridized carbons (Fsp3) is 0.600. The largest absolute Gasteiger partial charge is 0.383 e. The fourth-order valence-electron chi connectivity index (χ4n) is 2.06. The maximum Gasteiger partial charge on any atom is 0.0663 e. The number of ether oxygens (including phenoxy) is 1. The van der Waals surface area contributed by atoms with Gasteiger partial charge in [0.1, 0.15) is 0 Å². The van der Waals surface area contributed by atoms with Crippen LogP contribution in [0.25, 0.3) is 0 Å². The molecule has 0 heterocycles. The van der Waals surface area contributed by atoms with E-state index in [1.807, 2.05) is 0 Å². The van der Waals surface area contributed by atoms with Crippen molar-refractivity contribution in [3.05, 3.63) is 28.2 Å². The number of nitrogens with zero attached hydrogens (tertiary/aromatic N) is 1. The summed E-state index contributed by atoms with van der Waals surface area (Å²) in [6, 6.07) is 6.94. The standard InChI is InChI=1S/C15H25BrN2O/c1-5-14(17)8-12-6-7-13(16)9-15(12)18(3)11(2)10-19-4/h6-7,9,11,14H,5,8,10,17H2,1-4H3. The summed E-state index contributed by atoms with van der Waals surface area (Å²) in [6.45, 7) is 5.00. The molecule has 1 aromatic carbocycles. The van der Waals surface area contributed by atoms with Gasteiger partial charge in [0.25, 0.3) is 0 Å². The summed E-state index contributed by atoms with van der Waals surface area (Å²) in [5, 5.41) is 0. The van der Waals surface area contributed by atoms with Crippen LogP contribution in [0.2, 0.25) is 0 Å².